The van der Waals surface area contributed by atoms with E-state index in [0.717, 1.165) is 55.7 Å². The van der Waals surface area contributed by atoms with E-state index < -0.39 is 0 Å². The molecule has 1 aliphatic carbocycles. The van der Waals surface area contributed by atoms with E-state index in [9.17, 15) is 0 Å². The molecule has 0 N–H and O–H groups in total. The summed E-state index contributed by atoms with van der Waals surface area (Å²) in [6.07, 6.45) is 5.91. The molecule has 0 unspecified atom stereocenters. The molecule has 1 aromatic carbocycles. The van der Waals surface area contributed by atoms with Crippen molar-refractivity contribution in [2.75, 3.05) is 31.8 Å². The maximum Gasteiger partial charge on any atom is 0.231 e. The molecule has 5 rings (SSSR count). The topological polar surface area (TPSA) is 63.9 Å². The summed E-state index contributed by atoms with van der Waals surface area (Å²) in [5.41, 5.74) is 1.21. The maximum absolute atomic E-state index is 5.51. The minimum Gasteiger partial charge on any atom is -0.454 e. The molecular formula is C20H26N4O3. The van der Waals surface area contributed by atoms with Gasteiger partial charge in [0, 0.05) is 36.8 Å². The first-order valence-corrected chi connectivity index (χ1v) is 9.93. The van der Waals surface area contributed by atoms with Gasteiger partial charge >= 0.3 is 0 Å². The zero-order valence-corrected chi connectivity index (χ0v) is 15.8. The zero-order chi connectivity index (χ0) is 18.2. The van der Waals surface area contributed by atoms with Gasteiger partial charge in [-0.05, 0) is 44.9 Å². The van der Waals surface area contributed by atoms with Gasteiger partial charge in [0.05, 0.1) is 6.54 Å². The molecule has 0 radical (unpaired) electrons. The van der Waals surface area contributed by atoms with Gasteiger partial charge in [0.25, 0.3) is 0 Å². The quantitative estimate of drug-likeness (QED) is 0.801. The zero-order valence-electron chi connectivity index (χ0n) is 15.8. The normalized spacial score (nSPS) is 20.3. The van der Waals surface area contributed by atoms with Crippen LogP contribution < -0.4 is 14.4 Å². The molecule has 1 saturated heterocycles. The maximum atomic E-state index is 5.51. The summed E-state index contributed by atoms with van der Waals surface area (Å²) in [6.45, 7) is 3.15. The number of rotatable bonds is 5. The van der Waals surface area contributed by atoms with E-state index in [1.54, 1.807) is 0 Å². The highest BCUT2D eigenvalue weighted by molar-refractivity contribution is 5.57. The summed E-state index contributed by atoms with van der Waals surface area (Å²) in [4.78, 5) is 9.40. The third kappa shape index (κ3) is 3.36. The molecule has 3 heterocycles. The van der Waals surface area contributed by atoms with E-state index in [4.69, 9.17) is 14.0 Å². The van der Waals surface area contributed by atoms with E-state index in [-0.39, 0.29) is 0 Å². The van der Waals surface area contributed by atoms with Crippen molar-refractivity contribution in [3.05, 3.63) is 29.9 Å². The first-order chi connectivity index (χ1) is 13.3. The molecule has 27 heavy (non-hydrogen) atoms. The van der Waals surface area contributed by atoms with E-state index in [1.165, 1.54) is 24.9 Å². The van der Waals surface area contributed by atoms with E-state index in [1.807, 2.05) is 6.07 Å². The molecule has 2 aliphatic heterocycles. The van der Waals surface area contributed by atoms with Crippen LogP contribution in [0.3, 0.4) is 0 Å². The molecule has 0 bridgehead atoms. The van der Waals surface area contributed by atoms with Gasteiger partial charge in [-0.25, -0.2) is 0 Å². The molecule has 1 aromatic heterocycles. The lowest BCUT2D eigenvalue weighted by atomic mass is 9.85. The van der Waals surface area contributed by atoms with Gasteiger partial charge < -0.3 is 18.9 Å². The summed E-state index contributed by atoms with van der Waals surface area (Å²) in [5, 5.41) is 4.19. The Hall–Kier alpha value is -2.28. The first-order valence-electron chi connectivity index (χ1n) is 9.93. The Kier molecular flexibility index (Phi) is 4.39. The highest BCUT2D eigenvalue weighted by Gasteiger charge is 2.27. The second-order valence-electron chi connectivity index (χ2n) is 7.85. The van der Waals surface area contributed by atoms with Crippen LogP contribution in [0.2, 0.25) is 0 Å². The highest BCUT2D eigenvalue weighted by Crippen LogP contribution is 2.37. The fourth-order valence-corrected chi connectivity index (χ4v) is 4.15. The van der Waals surface area contributed by atoms with Crippen molar-refractivity contribution in [1.82, 2.24) is 15.0 Å². The van der Waals surface area contributed by atoms with E-state index in [2.05, 4.69) is 39.1 Å². The monoisotopic (exact) mass is 370 g/mol. The number of hydrogen-bond donors (Lipinski definition) is 0. The van der Waals surface area contributed by atoms with Crippen LogP contribution in [0, 0.1) is 0 Å². The van der Waals surface area contributed by atoms with E-state index >= 15 is 0 Å². The van der Waals surface area contributed by atoms with Gasteiger partial charge in [0.1, 0.15) is 0 Å². The van der Waals surface area contributed by atoms with Crippen LogP contribution in [-0.4, -0.2) is 48.0 Å². The van der Waals surface area contributed by atoms with E-state index in [0.29, 0.717) is 18.8 Å². The Labute approximate surface area is 159 Å². The molecule has 0 spiro atoms. The summed E-state index contributed by atoms with van der Waals surface area (Å²) in [7, 11) is 2.17. The predicted molar refractivity (Wildman–Crippen MR) is 100 cm³/mol. The lowest BCUT2D eigenvalue weighted by molar-refractivity contribution is 0.174. The number of aromatic nitrogens is 2. The van der Waals surface area contributed by atoms with Gasteiger partial charge in [-0.3, -0.25) is 4.90 Å². The Balaban J connectivity index is 1.16. The predicted octanol–water partition coefficient (Wildman–Crippen LogP) is 3.17. The minimum absolute atomic E-state index is 0.324. The SMILES string of the molecule is CN(Cc1noc(C2CCC2)n1)C1CCN(c2ccc3c(c2)OCO3)CC1. The van der Waals surface area contributed by atoms with Crippen molar-refractivity contribution in [3.8, 4) is 11.5 Å². The standard InChI is InChI=1S/C20H26N4O3/c1-23(12-19-21-20(27-22-19)14-3-2-4-14)15-7-9-24(10-8-15)16-5-6-17-18(11-16)26-13-25-17/h5-6,11,14-15H,2-4,7-10,12-13H2,1H3. The molecular weight excluding hydrogens is 344 g/mol. The molecule has 7 heteroatoms. The van der Waals surface area contributed by atoms with Crippen molar-refractivity contribution in [2.45, 2.75) is 50.6 Å². The van der Waals surface area contributed by atoms with Crippen LogP contribution in [-0.2, 0) is 6.54 Å². The molecule has 1 saturated carbocycles. The van der Waals surface area contributed by atoms with Crippen molar-refractivity contribution in [2.24, 2.45) is 0 Å². The van der Waals surface area contributed by atoms with Crippen LogP contribution in [0.15, 0.2) is 22.7 Å². The summed E-state index contributed by atoms with van der Waals surface area (Å²) in [5.74, 6) is 3.85. The van der Waals surface area contributed by atoms with Crippen molar-refractivity contribution < 1.29 is 14.0 Å². The number of piperidine rings is 1. The fourth-order valence-electron chi connectivity index (χ4n) is 4.15. The van der Waals surface area contributed by atoms with Gasteiger partial charge in [-0.15, -0.1) is 0 Å². The second-order valence-corrected chi connectivity index (χ2v) is 7.85. The van der Waals surface area contributed by atoms with Gasteiger partial charge in [0.15, 0.2) is 17.3 Å². The van der Waals surface area contributed by atoms with Crippen LogP contribution in [0.4, 0.5) is 5.69 Å². The lowest BCUT2D eigenvalue weighted by Gasteiger charge is -2.37. The summed E-state index contributed by atoms with van der Waals surface area (Å²) >= 11 is 0. The molecule has 2 aromatic rings. The highest BCUT2D eigenvalue weighted by atomic mass is 16.7. The number of fused-ring (bicyclic) bond motifs is 1. The smallest absolute Gasteiger partial charge is 0.231 e. The Morgan fingerprint density at radius 3 is 2.70 bits per heavy atom. The molecule has 3 aliphatic rings. The Morgan fingerprint density at radius 2 is 1.93 bits per heavy atom. The molecule has 2 fully saturated rings. The van der Waals surface area contributed by atoms with Crippen molar-refractivity contribution in [3.63, 3.8) is 0 Å². The van der Waals surface area contributed by atoms with Gasteiger partial charge in [0.2, 0.25) is 12.7 Å². The van der Waals surface area contributed by atoms with Crippen molar-refractivity contribution >= 4 is 5.69 Å². The third-order valence-electron chi connectivity index (χ3n) is 6.14. The van der Waals surface area contributed by atoms with Crippen LogP contribution in [0.25, 0.3) is 0 Å². The number of ether oxygens (including phenoxy) is 2. The van der Waals surface area contributed by atoms with Crippen LogP contribution >= 0.6 is 0 Å². The first kappa shape index (κ1) is 16.9. The summed E-state index contributed by atoms with van der Waals surface area (Å²) in [6, 6.07) is 6.76. The van der Waals surface area contributed by atoms with Crippen LogP contribution in [0.5, 0.6) is 11.5 Å². The summed E-state index contributed by atoms with van der Waals surface area (Å²) < 4.78 is 16.4. The number of anilines is 1. The number of benzene rings is 1. The van der Waals surface area contributed by atoms with Crippen molar-refractivity contribution in [1.29, 1.82) is 0 Å². The van der Waals surface area contributed by atoms with Gasteiger partial charge in [-0.2, -0.15) is 4.98 Å². The molecule has 144 valence electrons. The molecule has 0 atom stereocenters. The Bertz CT molecular complexity index is 796. The molecule has 7 nitrogen and oxygen atoms in total. The minimum atomic E-state index is 0.324. The number of nitrogens with zero attached hydrogens (tertiary/aromatic N) is 4. The average Bonchev–Trinajstić information content (AvgIpc) is 3.29. The van der Waals surface area contributed by atoms with Crippen LogP contribution in [0.1, 0.15) is 49.7 Å². The van der Waals surface area contributed by atoms with Gasteiger partial charge in [-0.1, -0.05) is 11.6 Å². The number of hydrogen-bond acceptors (Lipinski definition) is 7. The fraction of sp³-hybridized carbons (Fsp3) is 0.600. The lowest BCUT2D eigenvalue weighted by Crippen LogP contribution is -2.43. The third-order valence-corrected chi connectivity index (χ3v) is 6.14. The largest absolute Gasteiger partial charge is 0.454 e. The second kappa shape index (κ2) is 7.03. The Morgan fingerprint density at radius 1 is 1.11 bits per heavy atom. The average molecular weight is 370 g/mol. The molecule has 0 amide bonds.